The predicted molar refractivity (Wildman–Crippen MR) is 79.6 cm³/mol. The van der Waals surface area contributed by atoms with E-state index in [4.69, 9.17) is 0 Å². The average molecular weight is 283 g/mol. The smallest absolute Gasteiger partial charge is 0.317 e. The van der Waals surface area contributed by atoms with Gasteiger partial charge in [-0.05, 0) is 51.6 Å². The monoisotopic (exact) mass is 283 g/mol. The van der Waals surface area contributed by atoms with Crippen LogP contribution in [-0.2, 0) is 0 Å². The van der Waals surface area contributed by atoms with Crippen molar-refractivity contribution >= 4 is 6.03 Å². The second kappa shape index (κ2) is 7.27. The van der Waals surface area contributed by atoms with E-state index in [2.05, 4.69) is 17.1 Å². The predicted octanol–water partition coefficient (Wildman–Crippen LogP) is 1.27. The van der Waals surface area contributed by atoms with Gasteiger partial charge >= 0.3 is 6.03 Å². The molecule has 0 aromatic rings. The van der Waals surface area contributed by atoms with Crippen molar-refractivity contribution in [3.8, 4) is 0 Å². The topological polar surface area (TPSA) is 55.8 Å². The fraction of sp³-hybridized carbons (Fsp3) is 0.933. The molecule has 1 heterocycles. The van der Waals surface area contributed by atoms with Crippen LogP contribution in [0.1, 0.15) is 39.0 Å². The standard InChI is InChI=1S/C15H29N3O2/c1-12(10-18-8-4-3-5-9-18)16-15(20)17(2)11-14(19)13-6-7-13/h12-14,19H,3-11H2,1-2H3,(H,16,20). The number of nitrogens with one attached hydrogen (secondary N) is 1. The Bertz CT molecular complexity index is 314. The molecule has 5 nitrogen and oxygen atoms in total. The highest BCUT2D eigenvalue weighted by Crippen LogP contribution is 2.32. The quantitative estimate of drug-likeness (QED) is 0.772. The van der Waals surface area contributed by atoms with Gasteiger partial charge in [0.15, 0.2) is 0 Å². The zero-order chi connectivity index (χ0) is 14.5. The van der Waals surface area contributed by atoms with E-state index >= 15 is 0 Å². The first-order valence-corrected chi connectivity index (χ1v) is 7.98. The summed E-state index contributed by atoms with van der Waals surface area (Å²) < 4.78 is 0. The van der Waals surface area contributed by atoms with Crippen molar-refractivity contribution in [3.63, 3.8) is 0 Å². The van der Waals surface area contributed by atoms with Crippen molar-refractivity contribution < 1.29 is 9.90 Å². The molecule has 0 bridgehead atoms. The van der Waals surface area contributed by atoms with Gasteiger partial charge in [-0.1, -0.05) is 6.42 Å². The number of nitrogens with zero attached hydrogens (tertiary/aromatic N) is 2. The number of rotatable bonds is 6. The fourth-order valence-electron chi connectivity index (χ4n) is 2.89. The number of urea groups is 1. The molecule has 2 amide bonds. The number of carbonyl (C=O) groups is 1. The number of amides is 2. The van der Waals surface area contributed by atoms with Crippen LogP contribution in [0.2, 0.25) is 0 Å². The maximum atomic E-state index is 12.1. The average Bonchev–Trinajstić information content (AvgIpc) is 3.23. The molecule has 0 spiro atoms. The molecule has 5 heteroatoms. The molecule has 1 aliphatic heterocycles. The van der Waals surface area contributed by atoms with Gasteiger partial charge in [-0.3, -0.25) is 0 Å². The Kier molecular flexibility index (Phi) is 5.66. The maximum Gasteiger partial charge on any atom is 0.317 e. The minimum absolute atomic E-state index is 0.0748. The zero-order valence-corrected chi connectivity index (χ0v) is 12.8. The fourth-order valence-corrected chi connectivity index (χ4v) is 2.89. The van der Waals surface area contributed by atoms with Gasteiger partial charge in [0.2, 0.25) is 0 Å². The Balaban J connectivity index is 1.66. The zero-order valence-electron chi connectivity index (χ0n) is 12.8. The van der Waals surface area contributed by atoms with Crippen LogP contribution in [0.25, 0.3) is 0 Å². The molecule has 2 atom stereocenters. The van der Waals surface area contributed by atoms with Gasteiger partial charge in [0.1, 0.15) is 0 Å². The Labute approximate surface area is 122 Å². The lowest BCUT2D eigenvalue weighted by atomic mass is 10.1. The van der Waals surface area contributed by atoms with Crippen molar-refractivity contribution in [2.24, 2.45) is 5.92 Å². The summed E-state index contributed by atoms with van der Waals surface area (Å²) in [5.74, 6) is 0.413. The van der Waals surface area contributed by atoms with E-state index in [9.17, 15) is 9.90 Å². The molecule has 116 valence electrons. The first-order chi connectivity index (χ1) is 9.56. The molecule has 0 aromatic heterocycles. The van der Waals surface area contributed by atoms with E-state index in [1.807, 2.05) is 0 Å². The summed E-state index contributed by atoms with van der Waals surface area (Å²) in [5, 5.41) is 12.9. The summed E-state index contributed by atoms with van der Waals surface area (Å²) in [6.45, 7) is 5.71. The minimum atomic E-state index is -0.358. The van der Waals surface area contributed by atoms with E-state index in [-0.39, 0.29) is 18.2 Å². The molecule has 2 unspecified atom stereocenters. The summed E-state index contributed by atoms with van der Waals surface area (Å²) in [7, 11) is 1.76. The summed E-state index contributed by atoms with van der Waals surface area (Å²) >= 11 is 0. The van der Waals surface area contributed by atoms with Crippen molar-refractivity contribution in [2.45, 2.75) is 51.2 Å². The Morgan fingerprint density at radius 3 is 2.60 bits per heavy atom. The summed E-state index contributed by atoms with van der Waals surface area (Å²) in [6.07, 6.45) is 5.72. The first-order valence-electron chi connectivity index (χ1n) is 7.98. The van der Waals surface area contributed by atoms with Gasteiger partial charge in [-0.25, -0.2) is 4.79 Å². The van der Waals surface area contributed by atoms with Crippen LogP contribution in [0.5, 0.6) is 0 Å². The van der Waals surface area contributed by atoms with E-state index in [0.717, 1.165) is 32.5 Å². The Morgan fingerprint density at radius 2 is 2.00 bits per heavy atom. The Hall–Kier alpha value is -0.810. The molecule has 2 rings (SSSR count). The van der Waals surface area contributed by atoms with Crippen LogP contribution in [-0.4, -0.2) is 66.3 Å². The molecule has 2 aliphatic rings. The molecule has 0 radical (unpaired) electrons. The second-order valence-electron chi connectivity index (χ2n) is 6.50. The lowest BCUT2D eigenvalue weighted by molar-refractivity contribution is 0.111. The number of piperidine rings is 1. The van der Waals surface area contributed by atoms with Gasteiger partial charge in [-0.15, -0.1) is 0 Å². The highest BCUT2D eigenvalue weighted by atomic mass is 16.3. The molecule has 2 N–H and O–H groups in total. The SMILES string of the molecule is CC(CN1CCCCC1)NC(=O)N(C)CC(O)C1CC1. The minimum Gasteiger partial charge on any atom is -0.391 e. The van der Waals surface area contributed by atoms with E-state index in [1.54, 1.807) is 11.9 Å². The number of likely N-dealkylation sites (tertiary alicyclic amines) is 1. The lowest BCUT2D eigenvalue weighted by Gasteiger charge is -2.30. The molecule has 20 heavy (non-hydrogen) atoms. The molecular weight excluding hydrogens is 254 g/mol. The molecule has 1 aliphatic carbocycles. The van der Waals surface area contributed by atoms with Crippen LogP contribution in [0.3, 0.4) is 0 Å². The van der Waals surface area contributed by atoms with E-state index in [1.165, 1.54) is 19.3 Å². The molecule has 1 saturated heterocycles. The van der Waals surface area contributed by atoms with Gasteiger partial charge in [-0.2, -0.15) is 0 Å². The number of carbonyl (C=O) groups excluding carboxylic acids is 1. The van der Waals surface area contributed by atoms with E-state index < -0.39 is 0 Å². The van der Waals surface area contributed by atoms with Crippen LogP contribution in [0, 0.1) is 5.92 Å². The van der Waals surface area contributed by atoms with Gasteiger partial charge in [0.25, 0.3) is 0 Å². The number of hydrogen-bond acceptors (Lipinski definition) is 3. The highest BCUT2D eigenvalue weighted by molar-refractivity contribution is 5.74. The largest absolute Gasteiger partial charge is 0.391 e. The third kappa shape index (κ3) is 4.94. The van der Waals surface area contributed by atoms with Crippen molar-refractivity contribution in [1.29, 1.82) is 0 Å². The highest BCUT2D eigenvalue weighted by Gasteiger charge is 2.31. The molecular formula is C15H29N3O2. The number of aliphatic hydroxyl groups is 1. The number of hydrogen-bond donors (Lipinski definition) is 2. The molecule has 1 saturated carbocycles. The van der Waals surface area contributed by atoms with Crippen molar-refractivity contribution in [2.75, 3.05) is 33.2 Å². The first kappa shape index (κ1) is 15.6. The van der Waals surface area contributed by atoms with Crippen molar-refractivity contribution in [1.82, 2.24) is 15.1 Å². The third-order valence-electron chi connectivity index (χ3n) is 4.32. The summed E-state index contributed by atoms with van der Waals surface area (Å²) in [5.41, 5.74) is 0. The number of aliphatic hydroxyl groups excluding tert-OH is 1. The van der Waals surface area contributed by atoms with Gasteiger partial charge < -0.3 is 20.2 Å². The van der Waals surface area contributed by atoms with Crippen LogP contribution < -0.4 is 5.32 Å². The summed E-state index contributed by atoms with van der Waals surface area (Å²) in [6, 6.07) is 0.0790. The number of likely N-dealkylation sites (N-methyl/N-ethyl adjacent to an activating group) is 1. The lowest BCUT2D eigenvalue weighted by Crippen LogP contribution is -2.49. The van der Waals surface area contributed by atoms with Crippen LogP contribution in [0.4, 0.5) is 4.79 Å². The third-order valence-corrected chi connectivity index (χ3v) is 4.32. The molecule has 0 aromatic carbocycles. The second-order valence-corrected chi connectivity index (χ2v) is 6.50. The van der Waals surface area contributed by atoms with Crippen LogP contribution >= 0.6 is 0 Å². The van der Waals surface area contributed by atoms with Gasteiger partial charge in [0, 0.05) is 26.2 Å². The molecule has 2 fully saturated rings. The van der Waals surface area contributed by atoms with E-state index in [0.29, 0.717) is 12.5 Å². The summed E-state index contributed by atoms with van der Waals surface area (Å²) in [4.78, 5) is 16.1. The van der Waals surface area contributed by atoms with Crippen LogP contribution in [0.15, 0.2) is 0 Å². The normalized spacial score (nSPS) is 23.1. The van der Waals surface area contributed by atoms with Crippen molar-refractivity contribution in [3.05, 3.63) is 0 Å². The van der Waals surface area contributed by atoms with Gasteiger partial charge in [0.05, 0.1) is 6.10 Å². The maximum absolute atomic E-state index is 12.1. The Morgan fingerprint density at radius 1 is 1.35 bits per heavy atom.